The highest BCUT2D eigenvalue weighted by atomic mass is 16.2. The largest absolute Gasteiger partial charge is 0.338 e. The molecule has 0 fully saturated rings. The number of aryl methyl sites for hydroxylation is 1. The number of anilines is 1. The maximum absolute atomic E-state index is 13.3. The lowest BCUT2D eigenvalue weighted by Crippen LogP contribution is -2.28. The van der Waals surface area contributed by atoms with Crippen molar-refractivity contribution in [2.45, 2.75) is 6.92 Å². The van der Waals surface area contributed by atoms with E-state index in [0.717, 1.165) is 16.5 Å². The van der Waals surface area contributed by atoms with Gasteiger partial charge in [0.15, 0.2) is 5.43 Å². The number of hydrogen-bond donors (Lipinski definition) is 2. The number of amides is 2. The van der Waals surface area contributed by atoms with Gasteiger partial charge in [0.05, 0.1) is 11.7 Å². The fourth-order valence-electron chi connectivity index (χ4n) is 3.14. The summed E-state index contributed by atoms with van der Waals surface area (Å²) in [5.41, 5.74) is 2.77. The highest BCUT2D eigenvalue weighted by Crippen LogP contribution is 2.23. The number of carbonyl (C=O) groups is 1. The second kappa shape index (κ2) is 7.11. The molecule has 0 spiro atoms. The van der Waals surface area contributed by atoms with Crippen LogP contribution in [0.5, 0.6) is 0 Å². The molecule has 0 aliphatic heterocycles. The van der Waals surface area contributed by atoms with E-state index in [2.05, 4.69) is 20.7 Å². The maximum atomic E-state index is 13.3. The molecule has 0 aliphatic carbocycles. The molecular formula is C21H19N5O2. The Morgan fingerprint density at radius 2 is 1.89 bits per heavy atom. The zero-order chi connectivity index (χ0) is 19.7. The first-order valence-corrected chi connectivity index (χ1v) is 8.96. The maximum Gasteiger partial charge on any atom is 0.319 e. The summed E-state index contributed by atoms with van der Waals surface area (Å²) in [6.07, 6.45) is 5.36. The minimum atomic E-state index is -0.306. The van der Waals surface area contributed by atoms with Crippen molar-refractivity contribution in [3.63, 3.8) is 0 Å². The van der Waals surface area contributed by atoms with E-state index in [1.807, 2.05) is 44.4 Å². The zero-order valence-corrected chi connectivity index (χ0v) is 15.6. The number of urea groups is 1. The summed E-state index contributed by atoms with van der Waals surface area (Å²) < 4.78 is 1.71. The molecule has 2 N–H and O–H groups in total. The smallest absolute Gasteiger partial charge is 0.319 e. The highest BCUT2D eigenvalue weighted by molar-refractivity contribution is 5.97. The number of fused-ring (bicyclic) bond motifs is 2. The molecule has 2 aromatic carbocycles. The number of aromatic nitrogens is 3. The molecule has 2 aromatic heterocycles. The Morgan fingerprint density at radius 1 is 1.07 bits per heavy atom. The molecule has 7 nitrogen and oxygen atoms in total. The van der Waals surface area contributed by atoms with Crippen molar-refractivity contribution in [3.05, 3.63) is 65.2 Å². The third-order valence-electron chi connectivity index (χ3n) is 4.52. The average Bonchev–Trinajstić information content (AvgIpc) is 3.07. The number of pyridine rings is 1. The molecule has 0 unspecified atom stereocenters. The molecule has 0 radical (unpaired) electrons. The molecule has 0 saturated heterocycles. The van der Waals surface area contributed by atoms with Crippen molar-refractivity contribution in [1.29, 1.82) is 0 Å². The Hall–Kier alpha value is -3.74. The first-order chi connectivity index (χ1) is 13.5. The molecular weight excluding hydrogens is 354 g/mol. The van der Waals surface area contributed by atoms with Gasteiger partial charge in [-0.1, -0.05) is 12.1 Å². The Labute approximate surface area is 161 Å². The number of hydrogen-bond acceptors (Lipinski definition) is 4. The Morgan fingerprint density at radius 3 is 2.64 bits per heavy atom. The molecule has 140 valence electrons. The Kier molecular flexibility index (Phi) is 4.49. The molecule has 2 heterocycles. The first kappa shape index (κ1) is 17.7. The number of nitrogens with zero attached hydrogens (tertiary/aromatic N) is 3. The van der Waals surface area contributed by atoms with Crippen LogP contribution in [-0.2, 0) is 7.05 Å². The highest BCUT2D eigenvalue weighted by Gasteiger charge is 2.09. The van der Waals surface area contributed by atoms with Crippen LogP contribution in [0, 0.1) is 0 Å². The van der Waals surface area contributed by atoms with Crippen molar-refractivity contribution in [3.8, 4) is 11.1 Å². The number of nitrogens with one attached hydrogen (secondary N) is 2. The second-order valence-electron chi connectivity index (χ2n) is 6.51. The van der Waals surface area contributed by atoms with Gasteiger partial charge >= 0.3 is 6.03 Å². The van der Waals surface area contributed by atoms with Crippen LogP contribution in [0.15, 0.2) is 59.8 Å². The van der Waals surface area contributed by atoms with Crippen molar-refractivity contribution < 1.29 is 4.79 Å². The summed E-state index contributed by atoms with van der Waals surface area (Å²) in [4.78, 5) is 29.5. The molecule has 7 heteroatoms. The lowest BCUT2D eigenvalue weighted by Gasteiger charge is -2.06. The quantitative estimate of drug-likeness (QED) is 0.577. The number of carbonyl (C=O) groups excluding carboxylic acids is 1. The number of rotatable bonds is 3. The predicted octanol–water partition coefficient (Wildman–Crippen LogP) is 3.29. The van der Waals surface area contributed by atoms with Crippen molar-refractivity contribution in [1.82, 2.24) is 20.1 Å². The van der Waals surface area contributed by atoms with Crippen LogP contribution in [0.2, 0.25) is 0 Å². The predicted molar refractivity (Wildman–Crippen MR) is 110 cm³/mol. The molecule has 28 heavy (non-hydrogen) atoms. The third kappa shape index (κ3) is 3.29. The minimum Gasteiger partial charge on any atom is -0.338 e. The average molecular weight is 373 g/mol. The van der Waals surface area contributed by atoms with E-state index >= 15 is 0 Å². The van der Waals surface area contributed by atoms with Gasteiger partial charge in [0.25, 0.3) is 0 Å². The normalized spacial score (nSPS) is 10.9. The van der Waals surface area contributed by atoms with Gasteiger partial charge in [-0.15, -0.1) is 0 Å². The summed E-state index contributed by atoms with van der Waals surface area (Å²) in [5, 5.41) is 11.4. The van der Waals surface area contributed by atoms with Crippen LogP contribution in [0.25, 0.3) is 32.8 Å². The first-order valence-electron chi connectivity index (χ1n) is 8.96. The van der Waals surface area contributed by atoms with E-state index < -0.39 is 0 Å². The monoisotopic (exact) mass is 373 g/mol. The van der Waals surface area contributed by atoms with E-state index in [9.17, 15) is 9.59 Å². The van der Waals surface area contributed by atoms with Crippen LogP contribution >= 0.6 is 0 Å². The van der Waals surface area contributed by atoms with E-state index in [0.29, 0.717) is 28.5 Å². The van der Waals surface area contributed by atoms with Gasteiger partial charge in [0.2, 0.25) is 0 Å². The van der Waals surface area contributed by atoms with Crippen LogP contribution in [0.1, 0.15) is 6.92 Å². The van der Waals surface area contributed by atoms with Crippen LogP contribution < -0.4 is 16.1 Å². The van der Waals surface area contributed by atoms with Gasteiger partial charge in [-0.25, -0.2) is 4.79 Å². The van der Waals surface area contributed by atoms with Gasteiger partial charge < -0.3 is 10.6 Å². The Balaban J connectivity index is 1.89. The molecule has 0 bridgehead atoms. The molecule has 2 amide bonds. The number of benzene rings is 1. The van der Waals surface area contributed by atoms with Gasteiger partial charge in [-0.2, -0.15) is 5.10 Å². The van der Waals surface area contributed by atoms with E-state index in [1.54, 1.807) is 29.2 Å². The molecule has 0 aliphatic rings. The van der Waals surface area contributed by atoms with Gasteiger partial charge in [-0.05, 0) is 36.6 Å². The molecule has 0 saturated carbocycles. The summed E-state index contributed by atoms with van der Waals surface area (Å²) >= 11 is 0. The Bertz CT molecular complexity index is 1260. The lowest BCUT2D eigenvalue weighted by molar-refractivity contribution is 0.252. The van der Waals surface area contributed by atoms with Crippen LogP contribution in [0.4, 0.5) is 10.5 Å². The summed E-state index contributed by atoms with van der Waals surface area (Å²) in [6, 6.07) is 10.5. The zero-order valence-electron chi connectivity index (χ0n) is 15.6. The fraction of sp³-hybridized carbons (Fsp3) is 0.143. The standard InChI is InChI=1S/C21H19N5O2/c1-3-22-21(28)25-16-6-4-13-5-7-19-18(20(27)17(13)9-16)8-14(10-23-19)15-11-24-26(2)12-15/h4-12H,3H2,1-2H3,(H2,22,25,28). The molecule has 4 aromatic rings. The minimum absolute atomic E-state index is 0.132. The lowest BCUT2D eigenvalue weighted by atomic mass is 10.1. The van der Waals surface area contributed by atoms with Crippen molar-refractivity contribution >= 4 is 33.4 Å². The van der Waals surface area contributed by atoms with E-state index in [4.69, 9.17) is 0 Å². The van der Waals surface area contributed by atoms with E-state index in [-0.39, 0.29) is 11.5 Å². The molecule has 4 rings (SSSR count). The summed E-state index contributed by atoms with van der Waals surface area (Å²) in [7, 11) is 1.84. The third-order valence-corrected chi connectivity index (χ3v) is 4.52. The summed E-state index contributed by atoms with van der Waals surface area (Å²) in [6.45, 7) is 2.36. The SMILES string of the molecule is CCNC(=O)Nc1ccc2ccc3ncc(-c4cnn(C)c4)cc3c(=O)c2c1. The molecule has 0 atom stereocenters. The van der Waals surface area contributed by atoms with Crippen molar-refractivity contribution in [2.24, 2.45) is 7.05 Å². The van der Waals surface area contributed by atoms with Crippen LogP contribution in [-0.4, -0.2) is 27.3 Å². The van der Waals surface area contributed by atoms with Crippen molar-refractivity contribution in [2.75, 3.05) is 11.9 Å². The van der Waals surface area contributed by atoms with E-state index in [1.165, 1.54) is 0 Å². The van der Waals surface area contributed by atoms with Gasteiger partial charge in [0, 0.05) is 53.6 Å². The topological polar surface area (TPSA) is 88.9 Å². The summed E-state index contributed by atoms with van der Waals surface area (Å²) in [5.74, 6) is 0. The van der Waals surface area contributed by atoms with Gasteiger partial charge in [0.1, 0.15) is 0 Å². The van der Waals surface area contributed by atoms with Crippen LogP contribution in [0.3, 0.4) is 0 Å². The fourth-order valence-corrected chi connectivity index (χ4v) is 3.14. The second-order valence-corrected chi connectivity index (χ2v) is 6.51. The van der Waals surface area contributed by atoms with Gasteiger partial charge in [-0.3, -0.25) is 14.5 Å².